The summed E-state index contributed by atoms with van der Waals surface area (Å²) in [5, 5.41) is 0. The Hall–Kier alpha value is -0.560. The van der Waals surface area contributed by atoms with Gasteiger partial charge in [0.2, 0.25) is 0 Å². The summed E-state index contributed by atoms with van der Waals surface area (Å²) in [6.07, 6.45) is 0. The summed E-state index contributed by atoms with van der Waals surface area (Å²) >= 11 is 1.44. The van der Waals surface area contributed by atoms with E-state index in [9.17, 15) is 0 Å². The van der Waals surface area contributed by atoms with Gasteiger partial charge in [0.1, 0.15) is 0 Å². The normalized spacial score (nSPS) is 12.4. The number of thiol groups is 1. The van der Waals surface area contributed by atoms with Crippen molar-refractivity contribution in [3.8, 4) is 0 Å². The first kappa shape index (κ1) is 8.54. The lowest BCUT2D eigenvalue weighted by atomic mass is 10.2. The van der Waals surface area contributed by atoms with E-state index in [0.717, 1.165) is 0 Å². The minimum absolute atomic E-state index is 1.21. The zero-order valence-electron chi connectivity index (χ0n) is 7.04. The van der Waals surface area contributed by atoms with Crippen LogP contribution in [0.2, 0.25) is 0 Å². The SMILES string of the molecule is CC[SH]=C(C)c1ccccc1. The average Bonchev–Trinajstić information content (AvgIpc) is 2.07. The number of benzene rings is 1. The second-order valence-corrected chi connectivity index (χ2v) is 4.05. The smallest absolute Gasteiger partial charge is 0.0171 e. The Kier molecular flexibility index (Phi) is 3.37. The van der Waals surface area contributed by atoms with Crippen LogP contribution in [-0.4, -0.2) is 10.6 Å². The van der Waals surface area contributed by atoms with Gasteiger partial charge < -0.3 is 0 Å². The maximum absolute atomic E-state index is 2.20. The van der Waals surface area contributed by atoms with E-state index in [1.54, 1.807) is 0 Å². The molecule has 0 N–H and O–H groups in total. The lowest BCUT2D eigenvalue weighted by molar-refractivity contribution is 1.54. The molecule has 0 atom stereocenters. The first-order chi connectivity index (χ1) is 5.34. The molecule has 0 bridgehead atoms. The van der Waals surface area contributed by atoms with E-state index < -0.39 is 0 Å². The van der Waals surface area contributed by atoms with Crippen LogP contribution in [-0.2, 0) is 0 Å². The van der Waals surface area contributed by atoms with Crippen LogP contribution in [0.4, 0.5) is 0 Å². The molecular weight excluding hydrogens is 152 g/mol. The quantitative estimate of drug-likeness (QED) is 0.390. The molecule has 0 aliphatic carbocycles. The van der Waals surface area contributed by atoms with Crippen LogP contribution in [0, 0.1) is 0 Å². The standard InChI is InChI=1S/C10H14S/c1-3-11-9(2)10-7-5-4-6-8-10/h4-8,11H,3H2,1-2H3. The second-order valence-electron chi connectivity index (χ2n) is 2.43. The molecule has 1 rings (SSSR count). The summed E-state index contributed by atoms with van der Waals surface area (Å²) in [7, 11) is 0. The van der Waals surface area contributed by atoms with Gasteiger partial charge in [0.05, 0.1) is 0 Å². The lowest BCUT2D eigenvalue weighted by Crippen LogP contribution is -1.90. The summed E-state index contributed by atoms with van der Waals surface area (Å²) < 4.78 is 0. The van der Waals surface area contributed by atoms with Crippen LogP contribution in [0.5, 0.6) is 0 Å². The highest BCUT2D eigenvalue weighted by Gasteiger charge is 1.90. The molecule has 0 fully saturated rings. The third kappa shape index (κ3) is 2.51. The maximum atomic E-state index is 2.20. The third-order valence-electron chi connectivity index (χ3n) is 1.59. The number of hydrogen-bond acceptors (Lipinski definition) is 0. The van der Waals surface area contributed by atoms with Gasteiger partial charge in [-0.3, -0.25) is 0 Å². The molecule has 0 spiro atoms. The van der Waals surface area contributed by atoms with Crippen LogP contribution in [0.15, 0.2) is 30.3 Å². The van der Waals surface area contributed by atoms with E-state index in [2.05, 4.69) is 44.2 Å². The summed E-state index contributed by atoms with van der Waals surface area (Å²) in [6, 6.07) is 10.6. The number of hydrogen-bond donors (Lipinski definition) is 1. The van der Waals surface area contributed by atoms with E-state index in [4.69, 9.17) is 0 Å². The summed E-state index contributed by atoms with van der Waals surface area (Å²) in [5.74, 6) is 1.21. The Morgan fingerprint density at radius 2 is 1.91 bits per heavy atom. The Morgan fingerprint density at radius 1 is 1.27 bits per heavy atom. The molecule has 0 aliphatic rings. The molecular formula is C10H14S. The first-order valence-corrected chi connectivity index (χ1v) is 4.99. The largest absolute Gasteiger partial charge is 0.197 e. The van der Waals surface area contributed by atoms with Crippen LogP contribution in [0.3, 0.4) is 0 Å². The topological polar surface area (TPSA) is 0 Å². The molecule has 0 saturated carbocycles. The zero-order valence-corrected chi connectivity index (χ0v) is 7.94. The molecule has 1 aromatic carbocycles. The van der Waals surface area contributed by atoms with E-state index in [0.29, 0.717) is 0 Å². The maximum Gasteiger partial charge on any atom is -0.0171 e. The molecule has 1 aromatic rings. The second kappa shape index (κ2) is 4.35. The molecule has 11 heavy (non-hydrogen) atoms. The fourth-order valence-corrected chi connectivity index (χ4v) is 1.81. The molecule has 1 heteroatoms. The molecule has 0 saturated heterocycles. The van der Waals surface area contributed by atoms with Crippen molar-refractivity contribution in [1.82, 2.24) is 0 Å². The Labute approximate surface area is 72.2 Å². The molecule has 0 unspecified atom stereocenters. The van der Waals surface area contributed by atoms with Gasteiger partial charge in [0.15, 0.2) is 0 Å². The summed E-state index contributed by atoms with van der Waals surface area (Å²) in [4.78, 5) is 1.47. The lowest BCUT2D eigenvalue weighted by Gasteiger charge is -1.98. The van der Waals surface area contributed by atoms with Crippen molar-refractivity contribution in [2.45, 2.75) is 13.8 Å². The fourth-order valence-electron chi connectivity index (χ4n) is 1.01. The monoisotopic (exact) mass is 166 g/mol. The van der Waals surface area contributed by atoms with E-state index in [-0.39, 0.29) is 0 Å². The van der Waals surface area contributed by atoms with Gasteiger partial charge in [-0.25, -0.2) is 0 Å². The highest BCUT2D eigenvalue weighted by molar-refractivity contribution is 7.99. The minimum atomic E-state index is 1.21. The van der Waals surface area contributed by atoms with Gasteiger partial charge in [0.25, 0.3) is 0 Å². The predicted octanol–water partition coefficient (Wildman–Crippen LogP) is 2.71. The van der Waals surface area contributed by atoms with Gasteiger partial charge in [-0.1, -0.05) is 37.3 Å². The van der Waals surface area contributed by atoms with Crippen molar-refractivity contribution < 1.29 is 0 Å². The van der Waals surface area contributed by atoms with Crippen molar-refractivity contribution >= 4 is 16.2 Å². The Morgan fingerprint density at radius 3 is 2.45 bits per heavy atom. The first-order valence-electron chi connectivity index (χ1n) is 3.91. The molecule has 0 nitrogen and oxygen atoms in total. The van der Waals surface area contributed by atoms with Crippen molar-refractivity contribution in [1.29, 1.82) is 0 Å². The molecule has 0 amide bonds. The van der Waals surface area contributed by atoms with E-state index in [1.165, 1.54) is 27.5 Å². The van der Waals surface area contributed by atoms with Crippen LogP contribution < -0.4 is 0 Å². The molecule has 60 valence electrons. The predicted molar refractivity (Wildman–Crippen MR) is 55.8 cm³/mol. The highest BCUT2D eigenvalue weighted by Crippen LogP contribution is 2.04. The molecule has 0 radical (unpaired) electrons. The van der Waals surface area contributed by atoms with Crippen LogP contribution in [0.25, 0.3) is 0 Å². The molecule has 0 aliphatic heterocycles. The van der Waals surface area contributed by atoms with Gasteiger partial charge >= 0.3 is 0 Å². The fraction of sp³-hybridized carbons (Fsp3) is 0.300. The van der Waals surface area contributed by atoms with E-state index >= 15 is 0 Å². The van der Waals surface area contributed by atoms with Gasteiger partial charge in [-0.05, 0) is 23.1 Å². The van der Waals surface area contributed by atoms with Gasteiger partial charge in [-0.15, -0.1) is 0 Å². The van der Waals surface area contributed by atoms with Crippen LogP contribution in [0.1, 0.15) is 19.4 Å². The molecule has 0 heterocycles. The minimum Gasteiger partial charge on any atom is -0.197 e. The van der Waals surface area contributed by atoms with Crippen molar-refractivity contribution in [2.24, 2.45) is 0 Å². The van der Waals surface area contributed by atoms with Crippen molar-refractivity contribution in [3.05, 3.63) is 35.9 Å². The Bertz CT molecular complexity index is 236. The van der Waals surface area contributed by atoms with E-state index in [1.807, 2.05) is 0 Å². The van der Waals surface area contributed by atoms with Crippen molar-refractivity contribution in [2.75, 3.05) is 5.75 Å². The van der Waals surface area contributed by atoms with Gasteiger partial charge in [-0.2, -0.15) is 11.4 Å². The zero-order chi connectivity index (χ0) is 8.10. The number of rotatable bonds is 2. The summed E-state index contributed by atoms with van der Waals surface area (Å²) in [5.41, 5.74) is 1.37. The van der Waals surface area contributed by atoms with Crippen LogP contribution >= 0.6 is 11.4 Å². The Balaban J connectivity index is 2.85. The third-order valence-corrected chi connectivity index (χ3v) is 2.64. The highest BCUT2D eigenvalue weighted by atomic mass is 32.1. The van der Waals surface area contributed by atoms with Crippen molar-refractivity contribution in [3.63, 3.8) is 0 Å². The molecule has 0 aromatic heterocycles. The summed E-state index contributed by atoms with van der Waals surface area (Å²) in [6.45, 7) is 4.40. The average molecular weight is 166 g/mol. The van der Waals surface area contributed by atoms with Gasteiger partial charge in [0, 0.05) is 0 Å².